The molecule has 0 aliphatic carbocycles. The molecule has 0 saturated carbocycles. The lowest BCUT2D eigenvalue weighted by atomic mass is 9.92. The molecule has 4 amide bonds. The fourth-order valence-corrected chi connectivity index (χ4v) is 15.5. The molecular formula is C79H96N4O22P2. The Morgan fingerprint density at radius 2 is 0.664 bits per heavy atom. The Hall–Kier alpha value is -7.92. The van der Waals surface area contributed by atoms with Crippen LogP contribution in [0.3, 0.4) is 0 Å². The number of amides is 4. The third-order valence-electron chi connectivity index (χ3n) is 18.0. The molecule has 3 saturated heterocycles. The van der Waals surface area contributed by atoms with Crippen molar-refractivity contribution in [3.63, 3.8) is 0 Å². The first-order valence-electron chi connectivity index (χ1n) is 35.7. The van der Waals surface area contributed by atoms with E-state index in [0.29, 0.717) is 11.1 Å². The third kappa shape index (κ3) is 25.9. The minimum Gasteiger partial charge on any atom is -0.445 e. The van der Waals surface area contributed by atoms with Gasteiger partial charge in [0.1, 0.15) is 67.6 Å². The smallest absolute Gasteiger partial charge is 0.407 e. The van der Waals surface area contributed by atoms with Gasteiger partial charge in [0.15, 0.2) is 6.29 Å². The van der Waals surface area contributed by atoms with Crippen molar-refractivity contribution in [1.29, 1.82) is 0 Å². The largest absolute Gasteiger partial charge is 0.445 e. The van der Waals surface area contributed by atoms with E-state index in [-0.39, 0.29) is 65.8 Å². The van der Waals surface area contributed by atoms with Gasteiger partial charge in [0.05, 0.1) is 103 Å². The van der Waals surface area contributed by atoms with Gasteiger partial charge in [-0.3, -0.25) is 23.5 Å². The number of carbonyl (C=O) groups is 4. The number of ether oxygens (including phenoxy) is 11. The van der Waals surface area contributed by atoms with Crippen molar-refractivity contribution in [1.82, 2.24) is 21.3 Å². The van der Waals surface area contributed by atoms with E-state index in [1.54, 1.807) is 0 Å². The van der Waals surface area contributed by atoms with Crippen molar-refractivity contribution in [3.8, 4) is 0 Å². The summed E-state index contributed by atoms with van der Waals surface area (Å²) in [5.74, 6) is -1.58. The van der Waals surface area contributed by atoms with Crippen molar-refractivity contribution in [2.75, 3.05) is 45.3 Å². The number of nitrogens with one attached hydrogen (secondary N) is 4. The van der Waals surface area contributed by atoms with Gasteiger partial charge in [0.25, 0.3) is 0 Å². The Balaban J connectivity index is 0.937. The summed E-state index contributed by atoms with van der Waals surface area (Å²) in [5, 5.41) is 22.5. The minimum atomic E-state index is -5.04. The van der Waals surface area contributed by atoms with Crippen molar-refractivity contribution < 1.29 is 104 Å². The summed E-state index contributed by atoms with van der Waals surface area (Å²) in [4.78, 5) is 77.5. The van der Waals surface area contributed by atoms with Gasteiger partial charge in [-0.05, 0) is 45.4 Å². The fourth-order valence-electron chi connectivity index (χ4n) is 13.0. The van der Waals surface area contributed by atoms with Gasteiger partial charge in [-0.25, -0.2) is 4.79 Å². The SMILES string of the molecule is CC(=O)N[C@@H]1[C@H](OCCCNC(=O)OCc2ccccc2)O[C@H](COP(=O)(O)C[C@H]2O[C@H](COP(=O)(O)C[C@H]3O[C@H](CO)[C@@H](OCc4ccccc4)[C@H](OCc4ccccc4)[C@@H]3NC(C)=O)[C@@H](OCc3ccccc3)[C@H](OCc3ccccc3)[C@@H]2NC(C)=O)[C@@H](OCc2ccccc2)[C@@H]1OCc1ccccc1. The highest BCUT2D eigenvalue weighted by Crippen LogP contribution is 2.49. The van der Waals surface area contributed by atoms with Crippen molar-refractivity contribution in [2.45, 2.75) is 165 Å². The molecule has 26 nitrogen and oxygen atoms in total. The Morgan fingerprint density at radius 3 is 1.00 bits per heavy atom. The minimum absolute atomic E-state index is 0.0104. The number of carbonyl (C=O) groups excluding carboxylic acids is 4. The molecule has 3 aliphatic rings. The topological polar surface area (TPSA) is 331 Å². The van der Waals surface area contributed by atoms with E-state index in [1.807, 2.05) is 212 Å². The van der Waals surface area contributed by atoms with E-state index in [0.717, 1.165) is 27.8 Å². The quantitative estimate of drug-likeness (QED) is 0.0139. The Labute approximate surface area is 623 Å². The normalized spacial score (nSPS) is 25.4. The zero-order valence-corrected chi connectivity index (χ0v) is 61.8. The second kappa shape index (κ2) is 41.6. The van der Waals surface area contributed by atoms with Crippen molar-refractivity contribution in [2.24, 2.45) is 0 Å². The zero-order valence-electron chi connectivity index (χ0n) is 60.0. The summed E-state index contributed by atoms with van der Waals surface area (Å²) >= 11 is 0. The number of hydrogen-bond donors (Lipinski definition) is 7. The summed E-state index contributed by atoms with van der Waals surface area (Å²) in [6.45, 7) is 1.85. The van der Waals surface area contributed by atoms with E-state index in [4.69, 9.17) is 61.2 Å². The summed E-state index contributed by atoms with van der Waals surface area (Å²) in [6.07, 6.45) is -17.0. The summed E-state index contributed by atoms with van der Waals surface area (Å²) in [7, 11) is -10.0. The van der Waals surface area contributed by atoms with Crippen LogP contribution < -0.4 is 21.3 Å². The molecule has 2 unspecified atom stereocenters. The monoisotopic (exact) mass is 1510 g/mol. The van der Waals surface area contributed by atoms with Gasteiger partial charge < -0.3 is 97.3 Å². The molecule has 0 bridgehead atoms. The highest BCUT2D eigenvalue weighted by molar-refractivity contribution is 7.53. The lowest BCUT2D eigenvalue weighted by Gasteiger charge is -2.47. The van der Waals surface area contributed by atoms with Crippen LogP contribution in [-0.2, 0) is 131 Å². The summed E-state index contributed by atoms with van der Waals surface area (Å²) < 4.78 is 115. The Morgan fingerprint density at radius 1 is 0.374 bits per heavy atom. The summed E-state index contributed by atoms with van der Waals surface area (Å²) in [6, 6.07) is 60.8. The predicted molar refractivity (Wildman–Crippen MR) is 392 cm³/mol. The maximum atomic E-state index is 15.3. The maximum absolute atomic E-state index is 15.3. The molecule has 0 radical (unpaired) electrons. The van der Waals surface area contributed by atoms with Crippen LogP contribution in [0.15, 0.2) is 212 Å². The first-order chi connectivity index (χ1) is 51.9. The van der Waals surface area contributed by atoms with Crippen LogP contribution in [-0.4, -0.2) is 176 Å². The van der Waals surface area contributed by atoms with Gasteiger partial charge >= 0.3 is 21.3 Å². The number of rotatable bonds is 39. The number of aliphatic hydroxyl groups excluding tert-OH is 1. The van der Waals surface area contributed by atoms with Gasteiger partial charge in [-0.1, -0.05) is 212 Å². The van der Waals surface area contributed by atoms with Crippen LogP contribution >= 0.6 is 15.2 Å². The first kappa shape index (κ1) is 81.6. The predicted octanol–water partition coefficient (Wildman–Crippen LogP) is 9.00. The molecule has 3 aliphatic heterocycles. The van der Waals surface area contributed by atoms with Gasteiger partial charge in [-0.2, -0.15) is 0 Å². The summed E-state index contributed by atoms with van der Waals surface area (Å²) in [5.41, 5.74) is 5.29. The van der Waals surface area contributed by atoms with E-state index < -0.39 is 163 Å². The lowest BCUT2D eigenvalue weighted by molar-refractivity contribution is -0.287. The number of hydrogen-bond acceptors (Lipinski definition) is 20. The van der Waals surface area contributed by atoms with Crippen LogP contribution in [0.5, 0.6) is 0 Å². The molecule has 574 valence electrons. The van der Waals surface area contributed by atoms with Crippen LogP contribution in [0, 0.1) is 0 Å². The molecule has 7 N–H and O–H groups in total. The molecule has 28 heteroatoms. The Kier molecular flexibility index (Phi) is 31.7. The molecule has 10 rings (SSSR count). The highest BCUT2D eigenvalue weighted by atomic mass is 31.2. The number of aliphatic hydroxyl groups is 1. The average Bonchev–Trinajstić information content (AvgIpc) is 0.787. The zero-order chi connectivity index (χ0) is 75.4. The molecule has 7 aromatic rings. The van der Waals surface area contributed by atoms with E-state index in [1.165, 1.54) is 20.8 Å². The van der Waals surface area contributed by atoms with E-state index in [2.05, 4.69) is 21.3 Å². The number of alkyl carbamates (subject to hydrolysis) is 1. The van der Waals surface area contributed by atoms with Crippen LogP contribution in [0.2, 0.25) is 0 Å². The number of benzene rings is 7. The van der Waals surface area contributed by atoms with Crippen LogP contribution in [0.4, 0.5) is 4.79 Å². The van der Waals surface area contributed by atoms with Crippen LogP contribution in [0.1, 0.15) is 66.1 Å². The third-order valence-corrected chi connectivity index (χ3v) is 20.8. The molecule has 3 fully saturated rings. The average molecular weight is 1520 g/mol. The molecule has 7 aromatic carbocycles. The molecule has 17 atom stereocenters. The van der Waals surface area contributed by atoms with Gasteiger partial charge in [-0.15, -0.1) is 0 Å². The molecule has 107 heavy (non-hydrogen) atoms. The Bertz CT molecular complexity index is 3910. The molecule has 0 spiro atoms. The highest BCUT2D eigenvalue weighted by Gasteiger charge is 2.54. The fraction of sp³-hybridized carbons (Fsp3) is 0.418. The lowest BCUT2D eigenvalue weighted by Crippen LogP contribution is -2.66. The molecular weight excluding hydrogens is 1420 g/mol. The standard InChI is InChI=1S/C79H96N4O22P2/c1-54(85)81-69-67(103-64(42-84)72(94-43-57-26-11-4-12-27-57)75(69)97-46-60-32-17-7-18-33-60)52-106(89,90)101-50-65-73(95-44-58-28-13-5-14-29-58)76(98-47-61-34-19-8-20-35-61)70(82-55(2)86)68(104-65)53-107(91,92)102-51-66-74(96-45-59-30-15-6-16-31-59)77(99-48-62-36-21-9-22-37-62)71(83-56(3)87)78(105-66)93-41-25-40-80-79(88)100-49-63-38-23-10-24-39-63/h4-24,26-39,64-78,84H,25,40-53H2,1-3H3,(H,80,88)(H,81,85)(H,82,86)(H,83,87)(H,89,90)(H,91,92)/t64-,65-,66-,67-,68-,69-,70-,71+,72-,73-,74-,75-,76-,77-,78-/m1/s1. The maximum Gasteiger partial charge on any atom is 0.407 e. The molecule has 3 heterocycles. The van der Waals surface area contributed by atoms with Crippen LogP contribution in [0.25, 0.3) is 0 Å². The van der Waals surface area contributed by atoms with Crippen molar-refractivity contribution in [3.05, 3.63) is 251 Å². The van der Waals surface area contributed by atoms with E-state index >= 15 is 9.13 Å². The molecule has 0 aromatic heterocycles. The first-order valence-corrected chi connectivity index (χ1v) is 39.2. The van der Waals surface area contributed by atoms with Gasteiger partial charge in [0.2, 0.25) is 17.7 Å². The van der Waals surface area contributed by atoms with Crippen molar-refractivity contribution >= 4 is 39.0 Å². The van der Waals surface area contributed by atoms with E-state index in [9.17, 15) is 34.1 Å². The second-order valence-electron chi connectivity index (χ2n) is 26.3. The van der Waals surface area contributed by atoms with Gasteiger partial charge in [0, 0.05) is 27.3 Å². The second-order valence-corrected chi connectivity index (χ2v) is 30.1.